The monoisotopic (exact) mass is 280 g/mol. The van der Waals surface area contributed by atoms with Gasteiger partial charge in [0.05, 0.1) is 0 Å². The lowest BCUT2D eigenvalue weighted by atomic mass is 10.1. The topological polar surface area (TPSA) is 75.1 Å². The van der Waals surface area contributed by atoms with Crippen molar-refractivity contribution in [3.63, 3.8) is 0 Å². The number of hydrogen-bond donors (Lipinski definition) is 2. The second kappa shape index (κ2) is 4.93. The first-order chi connectivity index (χ1) is 8.91. The molecule has 0 saturated carbocycles. The molecule has 0 amide bonds. The number of aromatic hydroxyl groups is 1. The van der Waals surface area contributed by atoms with E-state index in [-0.39, 0.29) is 17.5 Å². The van der Waals surface area contributed by atoms with Crippen molar-refractivity contribution in [3.8, 4) is 17.0 Å². The lowest BCUT2D eigenvalue weighted by Crippen LogP contribution is -2.31. The van der Waals surface area contributed by atoms with Gasteiger partial charge in [0.2, 0.25) is 5.88 Å². The fourth-order valence-corrected chi connectivity index (χ4v) is 2.11. The van der Waals surface area contributed by atoms with Gasteiger partial charge in [0, 0.05) is 11.1 Å². The van der Waals surface area contributed by atoms with Crippen molar-refractivity contribution in [1.82, 2.24) is 9.55 Å². The van der Waals surface area contributed by atoms with Gasteiger partial charge in [0.25, 0.3) is 5.56 Å². The van der Waals surface area contributed by atoms with Gasteiger partial charge in [-0.25, -0.2) is 4.79 Å². The van der Waals surface area contributed by atoms with Crippen LogP contribution in [0.4, 0.5) is 0 Å². The number of hydrogen-bond acceptors (Lipinski definition) is 3. The van der Waals surface area contributed by atoms with Crippen LogP contribution in [0.5, 0.6) is 5.88 Å². The van der Waals surface area contributed by atoms with Crippen molar-refractivity contribution in [1.29, 1.82) is 0 Å². The molecule has 0 aliphatic rings. The molecule has 0 aliphatic heterocycles. The van der Waals surface area contributed by atoms with Crippen LogP contribution in [0.15, 0.2) is 33.9 Å². The molecule has 0 spiro atoms. The second-order valence-corrected chi connectivity index (χ2v) is 4.87. The Balaban J connectivity index is 2.81. The number of rotatable bonds is 2. The first-order valence-electron chi connectivity index (χ1n) is 5.75. The highest BCUT2D eigenvalue weighted by Gasteiger charge is 2.17. The van der Waals surface area contributed by atoms with E-state index < -0.39 is 11.2 Å². The number of H-pyrrole nitrogens is 1. The van der Waals surface area contributed by atoms with Crippen molar-refractivity contribution in [2.24, 2.45) is 0 Å². The maximum absolute atomic E-state index is 11.9. The Morgan fingerprint density at radius 2 is 2.00 bits per heavy atom. The maximum atomic E-state index is 11.9. The van der Waals surface area contributed by atoms with Crippen LogP contribution in [0, 0.1) is 0 Å². The van der Waals surface area contributed by atoms with Gasteiger partial charge in [-0.05, 0) is 31.5 Å². The molecule has 1 aromatic carbocycles. The minimum absolute atomic E-state index is 0.0378. The van der Waals surface area contributed by atoms with E-state index in [1.54, 1.807) is 38.1 Å². The zero-order valence-electron chi connectivity index (χ0n) is 10.5. The van der Waals surface area contributed by atoms with Gasteiger partial charge in [-0.15, -0.1) is 0 Å². The Hall–Kier alpha value is -2.01. The summed E-state index contributed by atoms with van der Waals surface area (Å²) in [5.41, 5.74) is -0.776. The molecule has 0 saturated heterocycles. The Kier molecular flexibility index (Phi) is 3.48. The zero-order chi connectivity index (χ0) is 14.2. The van der Waals surface area contributed by atoms with E-state index in [0.29, 0.717) is 10.6 Å². The highest BCUT2D eigenvalue weighted by Crippen LogP contribution is 2.27. The van der Waals surface area contributed by atoms with Crippen LogP contribution in [0.1, 0.15) is 19.9 Å². The summed E-state index contributed by atoms with van der Waals surface area (Å²) in [5, 5.41) is 10.6. The lowest BCUT2D eigenvalue weighted by molar-refractivity contribution is 0.384. The van der Waals surface area contributed by atoms with E-state index in [0.717, 1.165) is 4.57 Å². The second-order valence-electron chi connectivity index (χ2n) is 4.43. The van der Waals surface area contributed by atoms with Crippen LogP contribution in [0.25, 0.3) is 11.1 Å². The van der Waals surface area contributed by atoms with Crippen LogP contribution in [-0.2, 0) is 0 Å². The molecule has 0 radical (unpaired) electrons. The predicted octanol–water partition coefficient (Wildman–Crippen LogP) is 2.14. The van der Waals surface area contributed by atoms with Gasteiger partial charge in [0.15, 0.2) is 0 Å². The molecular weight excluding hydrogens is 268 g/mol. The standard InChI is InChI=1S/C13H13ClN2O3/c1-7(2)16-12(18)10(11(17)15-13(16)19)8-4-3-5-9(14)6-8/h3-7,18H,1-2H3,(H,15,17,19). The molecule has 2 aromatic rings. The Bertz CT molecular complexity index is 731. The summed E-state index contributed by atoms with van der Waals surface area (Å²) in [6, 6.07) is 6.25. The number of halogens is 1. The minimum Gasteiger partial charge on any atom is -0.494 e. The fourth-order valence-electron chi connectivity index (χ4n) is 1.92. The number of aromatic amines is 1. The average Bonchev–Trinajstić information content (AvgIpc) is 2.27. The summed E-state index contributed by atoms with van der Waals surface area (Å²) in [7, 11) is 0. The van der Waals surface area contributed by atoms with Crippen molar-refractivity contribution in [2.45, 2.75) is 19.9 Å². The Labute approximate surface area is 114 Å². The fraction of sp³-hybridized carbons (Fsp3) is 0.231. The maximum Gasteiger partial charge on any atom is 0.331 e. The molecule has 0 bridgehead atoms. The largest absolute Gasteiger partial charge is 0.494 e. The van der Waals surface area contributed by atoms with Crippen LogP contribution in [0.3, 0.4) is 0 Å². The molecule has 0 unspecified atom stereocenters. The summed E-state index contributed by atoms with van der Waals surface area (Å²) in [4.78, 5) is 25.7. The van der Waals surface area contributed by atoms with Gasteiger partial charge in [-0.2, -0.15) is 0 Å². The summed E-state index contributed by atoms with van der Waals surface area (Å²) < 4.78 is 1.12. The third-order valence-corrected chi connectivity index (χ3v) is 2.98. The molecule has 1 aromatic heterocycles. The van der Waals surface area contributed by atoms with Gasteiger partial charge in [0.1, 0.15) is 5.56 Å². The van der Waals surface area contributed by atoms with E-state index in [1.165, 1.54) is 0 Å². The van der Waals surface area contributed by atoms with Crippen LogP contribution >= 0.6 is 11.6 Å². The molecule has 2 N–H and O–H groups in total. The molecular formula is C13H13ClN2O3. The molecule has 0 aliphatic carbocycles. The smallest absolute Gasteiger partial charge is 0.331 e. The van der Waals surface area contributed by atoms with Crippen molar-refractivity contribution >= 4 is 11.6 Å². The number of nitrogens with one attached hydrogen (secondary N) is 1. The van der Waals surface area contributed by atoms with E-state index in [4.69, 9.17) is 11.6 Å². The molecule has 19 heavy (non-hydrogen) atoms. The third kappa shape index (κ3) is 2.42. The first kappa shape index (κ1) is 13.4. The van der Waals surface area contributed by atoms with Gasteiger partial charge in [-0.3, -0.25) is 14.3 Å². The third-order valence-electron chi connectivity index (χ3n) is 2.75. The quantitative estimate of drug-likeness (QED) is 0.885. The molecule has 100 valence electrons. The summed E-state index contributed by atoms with van der Waals surface area (Å²) in [5.74, 6) is -0.356. The van der Waals surface area contributed by atoms with Crippen LogP contribution in [-0.4, -0.2) is 14.7 Å². The Morgan fingerprint density at radius 3 is 2.58 bits per heavy atom. The van der Waals surface area contributed by atoms with Crippen molar-refractivity contribution < 1.29 is 5.11 Å². The molecule has 6 heteroatoms. The Morgan fingerprint density at radius 1 is 1.32 bits per heavy atom. The SMILES string of the molecule is CC(C)n1c(O)c(-c2cccc(Cl)c2)c(=O)[nH]c1=O. The summed E-state index contributed by atoms with van der Waals surface area (Å²) in [6.45, 7) is 3.47. The predicted molar refractivity (Wildman–Crippen MR) is 73.8 cm³/mol. The van der Waals surface area contributed by atoms with Crippen molar-refractivity contribution in [2.75, 3.05) is 0 Å². The van der Waals surface area contributed by atoms with E-state index in [9.17, 15) is 14.7 Å². The van der Waals surface area contributed by atoms with Crippen molar-refractivity contribution in [3.05, 3.63) is 50.1 Å². The lowest BCUT2D eigenvalue weighted by Gasteiger charge is -2.14. The molecule has 1 heterocycles. The minimum atomic E-state index is -0.637. The van der Waals surface area contributed by atoms with E-state index in [1.807, 2.05) is 0 Å². The van der Waals surface area contributed by atoms with Gasteiger partial charge < -0.3 is 5.11 Å². The van der Waals surface area contributed by atoms with E-state index >= 15 is 0 Å². The van der Waals surface area contributed by atoms with E-state index in [2.05, 4.69) is 4.98 Å². The summed E-state index contributed by atoms with van der Waals surface area (Å²) in [6.07, 6.45) is 0. The van der Waals surface area contributed by atoms with Gasteiger partial charge >= 0.3 is 5.69 Å². The van der Waals surface area contributed by atoms with Crippen LogP contribution in [0.2, 0.25) is 5.02 Å². The molecule has 0 atom stereocenters. The summed E-state index contributed by atoms with van der Waals surface area (Å²) >= 11 is 5.87. The number of aromatic nitrogens is 2. The van der Waals surface area contributed by atoms with Crippen LogP contribution < -0.4 is 11.2 Å². The number of nitrogens with zero attached hydrogens (tertiary/aromatic N) is 1. The zero-order valence-corrected chi connectivity index (χ0v) is 11.2. The normalized spacial score (nSPS) is 10.9. The molecule has 5 nitrogen and oxygen atoms in total. The molecule has 2 rings (SSSR count). The average molecular weight is 281 g/mol. The highest BCUT2D eigenvalue weighted by atomic mass is 35.5. The highest BCUT2D eigenvalue weighted by molar-refractivity contribution is 6.30. The number of benzene rings is 1. The first-order valence-corrected chi connectivity index (χ1v) is 6.13. The van der Waals surface area contributed by atoms with Gasteiger partial charge in [-0.1, -0.05) is 23.7 Å². The molecule has 0 fully saturated rings.